The molecule has 8 heteroatoms. The molecule has 1 saturated heterocycles. The molecule has 0 radical (unpaired) electrons. The molecule has 0 atom stereocenters. The lowest BCUT2D eigenvalue weighted by Crippen LogP contribution is -2.38. The summed E-state index contributed by atoms with van der Waals surface area (Å²) in [5, 5.41) is 19.7. The lowest BCUT2D eigenvalue weighted by Gasteiger charge is -2.31. The summed E-state index contributed by atoms with van der Waals surface area (Å²) in [6.07, 6.45) is 3.33. The topological polar surface area (TPSA) is 110 Å². The molecule has 1 aromatic carbocycles. The van der Waals surface area contributed by atoms with Gasteiger partial charge in [-0.05, 0) is 36.3 Å². The van der Waals surface area contributed by atoms with E-state index in [0.29, 0.717) is 5.56 Å². The molecular formula is C17H22N2O6. The van der Waals surface area contributed by atoms with Crippen LogP contribution >= 0.6 is 0 Å². The Morgan fingerprint density at radius 1 is 1.28 bits per heavy atom. The number of nitro groups is 1. The van der Waals surface area contributed by atoms with Gasteiger partial charge in [0, 0.05) is 25.6 Å². The minimum atomic E-state index is -1.19. The van der Waals surface area contributed by atoms with Crippen LogP contribution in [0, 0.1) is 10.1 Å². The van der Waals surface area contributed by atoms with Crippen LogP contribution in [0.5, 0.6) is 0 Å². The first-order valence-electron chi connectivity index (χ1n) is 8.18. The van der Waals surface area contributed by atoms with E-state index >= 15 is 0 Å². The highest BCUT2D eigenvalue weighted by atomic mass is 17.1. The molecule has 0 spiro atoms. The molecule has 2 rings (SSSR count). The number of carbonyl (C=O) groups is 2. The molecule has 1 fully saturated rings. The molecule has 1 aliphatic rings. The summed E-state index contributed by atoms with van der Waals surface area (Å²) in [6, 6.07) is 4.04. The Hall–Kier alpha value is -2.48. The van der Waals surface area contributed by atoms with Crippen LogP contribution in [-0.4, -0.2) is 40.0 Å². The molecule has 136 valence electrons. The van der Waals surface area contributed by atoms with Gasteiger partial charge in [-0.2, -0.15) is 5.26 Å². The third kappa shape index (κ3) is 4.33. The molecule has 1 amide bonds. The highest BCUT2D eigenvalue weighted by Gasteiger charge is 2.31. The molecule has 1 heterocycles. The van der Waals surface area contributed by atoms with E-state index < -0.39 is 22.0 Å². The maximum atomic E-state index is 12.5. The van der Waals surface area contributed by atoms with Gasteiger partial charge in [0.1, 0.15) is 5.56 Å². The van der Waals surface area contributed by atoms with Gasteiger partial charge in [-0.25, -0.2) is 4.79 Å². The van der Waals surface area contributed by atoms with Gasteiger partial charge in [-0.15, -0.1) is 0 Å². The Bertz CT molecular complexity index is 680. The van der Waals surface area contributed by atoms with E-state index in [-0.39, 0.29) is 17.9 Å². The van der Waals surface area contributed by atoms with E-state index in [0.717, 1.165) is 32.4 Å². The van der Waals surface area contributed by atoms with Crippen molar-refractivity contribution in [3.8, 4) is 0 Å². The van der Waals surface area contributed by atoms with Crippen molar-refractivity contribution in [2.75, 3.05) is 13.1 Å². The first kappa shape index (κ1) is 18.9. The summed E-state index contributed by atoms with van der Waals surface area (Å²) in [6.45, 7) is 5.16. The fourth-order valence-corrected chi connectivity index (χ4v) is 3.06. The Morgan fingerprint density at radius 2 is 1.92 bits per heavy atom. The van der Waals surface area contributed by atoms with Gasteiger partial charge in [0.15, 0.2) is 0 Å². The fourth-order valence-electron chi connectivity index (χ4n) is 3.06. The largest absolute Gasteiger partial charge is 0.379 e. The summed E-state index contributed by atoms with van der Waals surface area (Å²) in [4.78, 5) is 39.9. The van der Waals surface area contributed by atoms with E-state index in [1.54, 1.807) is 6.07 Å². The number of hydrogen-bond acceptors (Lipinski definition) is 6. The molecule has 1 N–H and O–H groups in total. The number of hydrogen-bond donors (Lipinski definition) is 1. The third-order valence-corrected chi connectivity index (χ3v) is 4.58. The van der Waals surface area contributed by atoms with Crippen LogP contribution in [0.2, 0.25) is 0 Å². The van der Waals surface area contributed by atoms with E-state index in [1.165, 1.54) is 12.1 Å². The molecule has 0 aliphatic carbocycles. The Labute approximate surface area is 145 Å². The summed E-state index contributed by atoms with van der Waals surface area (Å²) in [5.74, 6) is -1.17. The molecule has 25 heavy (non-hydrogen) atoms. The number of carbonyl (C=O) groups excluding carboxylic acids is 2. The molecule has 0 aromatic heterocycles. The van der Waals surface area contributed by atoms with Gasteiger partial charge in [0.2, 0.25) is 5.91 Å². The second-order valence-corrected chi connectivity index (χ2v) is 6.87. The maximum absolute atomic E-state index is 12.5. The second kappa shape index (κ2) is 7.60. The highest BCUT2D eigenvalue weighted by Crippen LogP contribution is 2.32. The van der Waals surface area contributed by atoms with Crippen molar-refractivity contribution >= 4 is 17.6 Å². The van der Waals surface area contributed by atoms with Crippen molar-refractivity contribution in [3.05, 3.63) is 39.4 Å². The minimum absolute atomic E-state index is 0.0196. The zero-order chi connectivity index (χ0) is 18.6. The van der Waals surface area contributed by atoms with Crippen molar-refractivity contribution < 1.29 is 24.7 Å². The van der Waals surface area contributed by atoms with Gasteiger partial charge in [0.05, 0.1) is 4.92 Å². The Kier molecular flexibility index (Phi) is 5.73. The van der Waals surface area contributed by atoms with E-state index in [9.17, 15) is 19.7 Å². The van der Waals surface area contributed by atoms with Gasteiger partial charge in [-0.1, -0.05) is 19.9 Å². The lowest BCUT2D eigenvalue weighted by atomic mass is 9.80. The number of amides is 1. The van der Waals surface area contributed by atoms with Crippen LogP contribution < -0.4 is 0 Å². The minimum Gasteiger partial charge on any atom is -0.343 e. The second-order valence-electron chi connectivity index (χ2n) is 6.87. The molecule has 0 bridgehead atoms. The number of nitro benzene ring substituents is 1. The van der Waals surface area contributed by atoms with Crippen molar-refractivity contribution in [2.45, 2.75) is 44.9 Å². The first-order chi connectivity index (χ1) is 11.8. The summed E-state index contributed by atoms with van der Waals surface area (Å²) < 4.78 is 0. The number of piperidine rings is 1. The third-order valence-electron chi connectivity index (χ3n) is 4.58. The van der Waals surface area contributed by atoms with Crippen LogP contribution in [0.25, 0.3) is 0 Å². The van der Waals surface area contributed by atoms with Crippen molar-refractivity contribution in [1.82, 2.24) is 4.90 Å². The summed E-state index contributed by atoms with van der Waals surface area (Å²) in [7, 11) is 0. The molecular weight excluding hydrogens is 328 g/mol. The number of nitrogens with zero attached hydrogens (tertiary/aromatic N) is 2. The van der Waals surface area contributed by atoms with Crippen molar-refractivity contribution in [2.24, 2.45) is 0 Å². The van der Waals surface area contributed by atoms with Gasteiger partial charge in [0.25, 0.3) is 5.69 Å². The SMILES string of the molecule is CC(C)(CC(=O)N1CCCCC1)c1ccc(C(=O)OO)c([N+](=O)[O-])c1. The lowest BCUT2D eigenvalue weighted by molar-refractivity contribution is -0.385. The van der Waals surface area contributed by atoms with Crippen molar-refractivity contribution in [1.29, 1.82) is 0 Å². The van der Waals surface area contributed by atoms with Gasteiger partial charge in [-0.3, -0.25) is 19.8 Å². The fraction of sp³-hybridized carbons (Fsp3) is 0.529. The average Bonchev–Trinajstić information content (AvgIpc) is 2.60. The molecule has 8 nitrogen and oxygen atoms in total. The number of benzene rings is 1. The molecule has 1 aliphatic heterocycles. The molecule has 0 saturated carbocycles. The standard InChI is InChI=1S/C17H22N2O6/c1-17(2,11-15(20)18-8-4-3-5-9-18)12-6-7-13(16(21)25-24)14(10-12)19(22)23/h6-7,10,24H,3-5,8-9,11H2,1-2H3. The smallest absolute Gasteiger partial charge is 0.343 e. The Balaban J connectivity index is 2.26. The number of likely N-dealkylation sites (tertiary alicyclic amines) is 1. The maximum Gasteiger partial charge on any atom is 0.379 e. The molecule has 0 unspecified atom stereocenters. The monoisotopic (exact) mass is 350 g/mol. The average molecular weight is 350 g/mol. The predicted octanol–water partition coefficient (Wildman–Crippen LogP) is 2.90. The summed E-state index contributed by atoms with van der Waals surface area (Å²) >= 11 is 0. The van der Waals surface area contributed by atoms with E-state index in [1.807, 2.05) is 18.7 Å². The molecule has 1 aromatic rings. The van der Waals surface area contributed by atoms with Crippen molar-refractivity contribution in [3.63, 3.8) is 0 Å². The number of rotatable bonds is 5. The predicted molar refractivity (Wildman–Crippen MR) is 89.2 cm³/mol. The van der Waals surface area contributed by atoms with E-state index in [4.69, 9.17) is 5.26 Å². The zero-order valence-electron chi connectivity index (χ0n) is 14.4. The van der Waals surface area contributed by atoms with Crippen LogP contribution in [0.15, 0.2) is 18.2 Å². The normalized spacial score (nSPS) is 14.9. The summed E-state index contributed by atoms with van der Waals surface area (Å²) in [5.41, 5.74) is -0.871. The van der Waals surface area contributed by atoms with Crippen LogP contribution in [-0.2, 0) is 15.1 Å². The first-order valence-corrected chi connectivity index (χ1v) is 8.18. The van der Waals surface area contributed by atoms with Crippen LogP contribution in [0.4, 0.5) is 5.69 Å². The van der Waals surface area contributed by atoms with Crippen LogP contribution in [0.3, 0.4) is 0 Å². The Morgan fingerprint density at radius 3 is 2.48 bits per heavy atom. The zero-order valence-corrected chi connectivity index (χ0v) is 14.4. The van der Waals surface area contributed by atoms with E-state index in [2.05, 4.69) is 4.89 Å². The van der Waals surface area contributed by atoms with Crippen LogP contribution in [0.1, 0.15) is 55.5 Å². The highest BCUT2D eigenvalue weighted by molar-refractivity contribution is 5.93. The van der Waals surface area contributed by atoms with Gasteiger partial charge >= 0.3 is 5.97 Å². The van der Waals surface area contributed by atoms with Gasteiger partial charge < -0.3 is 4.90 Å². The quantitative estimate of drug-likeness (QED) is 0.497.